The lowest BCUT2D eigenvalue weighted by Gasteiger charge is -2.09. The lowest BCUT2D eigenvalue weighted by atomic mass is 10.0. The second-order valence-electron chi connectivity index (χ2n) is 7.67. The fourth-order valence-corrected chi connectivity index (χ4v) is 4.15. The van der Waals surface area contributed by atoms with Crippen LogP contribution in [0.3, 0.4) is 0 Å². The van der Waals surface area contributed by atoms with Gasteiger partial charge in [0.2, 0.25) is 5.88 Å². The number of nitrogens with zero attached hydrogens (tertiary/aromatic N) is 2. The Morgan fingerprint density at radius 1 is 0.882 bits per heavy atom. The van der Waals surface area contributed by atoms with Crippen LogP contribution in [0.1, 0.15) is 10.4 Å². The number of benzene rings is 3. The first-order valence-corrected chi connectivity index (χ1v) is 12.1. The molecule has 0 unspecified atom stereocenters. The first-order valence-electron chi connectivity index (χ1n) is 10.2. The van der Waals surface area contributed by atoms with Crippen LogP contribution in [-0.2, 0) is 16.9 Å². The summed E-state index contributed by atoms with van der Waals surface area (Å²) in [4.78, 5) is 12.7. The van der Waals surface area contributed by atoms with Gasteiger partial charge in [0.05, 0.1) is 16.2 Å². The highest BCUT2D eigenvalue weighted by molar-refractivity contribution is 7.90. The largest absolute Gasteiger partial charge is 0.468 e. The summed E-state index contributed by atoms with van der Waals surface area (Å²) in [5.74, 6) is -1.09. The molecule has 0 aliphatic heterocycles. The van der Waals surface area contributed by atoms with Crippen LogP contribution in [-0.4, -0.2) is 36.8 Å². The molecule has 174 valence electrons. The number of rotatable bonds is 7. The maximum atomic E-state index is 13.6. The molecule has 0 saturated carbocycles. The van der Waals surface area contributed by atoms with E-state index < -0.39 is 21.5 Å². The Morgan fingerprint density at radius 2 is 1.41 bits per heavy atom. The second-order valence-corrected chi connectivity index (χ2v) is 9.69. The average Bonchev–Trinajstić information content (AvgIpc) is 3.14. The van der Waals surface area contributed by atoms with Crippen molar-refractivity contribution in [3.05, 3.63) is 90.0 Å². The van der Waals surface area contributed by atoms with Crippen molar-refractivity contribution in [2.24, 2.45) is 7.05 Å². The van der Waals surface area contributed by atoms with Gasteiger partial charge in [-0.05, 0) is 54.1 Å². The second kappa shape index (κ2) is 9.18. The van der Waals surface area contributed by atoms with Crippen LogP contribution in [0.25, 0.3) is 22.4 Å². The highest BCUT2D eigenvalue weighted by Crippen LogP contribution is 2.39. The summed E-state index contributed by atoms with van der Waals surface area (Å²) in [5.41, 5.74) is 2.65. The SMILES string of the molecule is Cn1nc(OCC(=O)c2ccc(F)cc2)c(-c2ccc(F)cc2)c1-c1ccc(S(C)(=O)=O)cc1. The minimum absolute atomic E-state index is 0.145. The van der Waals surface area contributed by atoms with Crippen LogP contribution in [0.15, 0.2) is 77.7 Å². The van der Waals surface area contributed by atoms with Crippen molar-refractivity contribution in [1.29, 1.82) is 0 Å². The van der Waals surface area contributed by atoms with Gasteiger partial charge in [0.1, 0.15) is 11.6 Å². The number of hydrogen-bond acceptors (Lipinski definition) is 5. The zero-order valence-electron chi connectivity index (χ0n) is 18.3. The summed E-state index contributed by atoms with van der Waals surface area (Å²) in [7, 11) is -1.69. The zero-order chi connectivity index (χ0) is 24.5. The number of carbonyl (C=O) groups is 1. The first kappa shape index (κ1) is 23.3. The fraction of sp³-hybridized carbons (Fsp3) is 0.120. The van der Waals surface area contributed by atoms with Gasteiger partial charge in [0, 0.05) is 24.4 Å². The molecule has 0 atom stereocenters. The molecular weight excluding hydrogens is 462 g/mol. The molecule has 0 amide bonds. The first-order chi connectivity index (χ1) is 16.1. The predicted octanol–water partition coefficient (Wildman–Crippen LogP) is 4.70. The Balaban J connectivity index is 1.74. The summed E-state index contributed by atoms with van der Waals surface area (Å²) < 4.78 is 57.7. The number of Topliss-reactive ketones (excluding diaryl/α,β-unsaturated/α-hetero) is 1. The Kier molecular flexibility index (Phi) is 6.30. The Bertz CT molecular complexity index is 1440. The molecule has 1 aromatic heterocycles. The van der Waals surface area contributed by atoms with E-state index in [-0.39, 0.29) is 28.7 Å². The van der Waals surface area contributed by atoms with E-state index in [9.17, 15) is 22.0 Å². The topological polar surface area (TPSA) is 78.3 Å². The molecule has 0 bridgehead atoms. The number of carbonyl (C=O) groups excluding carboxylic acids is 1. The number of aryl methyl sites for hydroxylation is 1. The molecule has 0 radical (unpaired) electrons. The van der Waals surface area contributed by atoms with Crippen LogP contribution in [0.2, 0.25) is 0 Å². The molecule has 4 aromatic rings. The standard InChI is InChI=1S/C25H20F2N2O4S/c1-29-24(18-7-13-21(14-8-18)34(2,31)32)23(17-5-11-20(27)12-6-17)25(28-29)33-15-22(30)16-3-9-19(26)10-4-16/h3-14H,15H2,1-2H3. The molecule has 0 spiro atoms. The van der Waals surface area contributed by atoms with Crippen molar-refractivity contribution in [1.82, 2.24) is 9.78 Å². The van der Waals surface area contributed by atoms with Gasteiger partial charge in [-0.25, -0.2) is 17.2 Å². The van der Waals surface area contributed by atoms with E-state index in [0.717, 1.165) is 6.26 Å². The maximum absolute atomic E-state index is 13.6. The zero-order valence-corrected chi connectivity index (χ0v) is 19.1. The predicted molar refractivity (Wildman–Crippen MR) is 123 cm³/mol. The molecule has 0 saturated heterocycles. The number of halogens is 2. The third-order valence-electron chi connectivity index (χ3n) is 5.21. The van der Waals surface area contributed by atoms with Gasteiger partial charge in [-0.2, -0.15) is 0 Å². The average molecular weight is 483 g/mol. The normalized spacial score (nSPS) is 11.4. The summed E-state index contributed by atoms with van der Waals surface area (Å²) in [6.45, 7) is -0.344. The van der Waals surface area contributed by atoms with Crippen LogP contribution >= 0.6 is 0 Å². The van der Waals surface area contributed by atoms with E-state index >= 15 is 0 Å². The molecule has 0 fully saturated rings. The van der Waals surface area contributed by atoms with Crippen molar-refractivity contribution in [3.8, 4) is 28.3 Å². The quantitative estimate of drug-likeness (QED) is 0.357. The minimum atomic E-state index is -3.37. The summed E-state index contributed by atoms with van der Waals surface area (Å²) in [5, 5.41) is 4.41. The monoisotopic (exact) mass is 482 g/mol. The van der Waals surface area contributed by atoms with Crippen LogP contribution in [0.4, 0.5) is 8.78 Å². The summed E-state index contributed by atoms with van der Waals surface area (Å²) in [6.07, 6.45) is 1.13. The molecule has 0 aliphatic rings. The van der Waals surface area contributed by atoms with Gasteiger partial charge in [-0.3, -0.25) is 9.48 Å². The van der Waals surface area contributed by atoms with Crippen LogP contribution in [0.5, 0.6) is 5.88 Å². The Morgan fingerprint density at radius 3 is 1.97 bits per heavy atom. The smallest absolute Gasteiger partial charge is 0.241 e. The van der Waals surface area contributed by atoms with E-state index in [1.54, 1.807) is 36.0 Å². The fourth-order valence-electron chi connectivity index (χ4n) is 3.52. The van der Waals surface area contributed by atoms with E-state index in [4.69, 9.17) is 4.74 Å². The third-order valence-corrected chi connectivity index (χ3v) is 6.34. The molecule has 34 heavy (non-hydrogen) atoms. The van der Waals surface area contributed by atoms with Gasteiger partial charge in [-0.1, -0.05) is 24.3 Å². The maximum Gasteiger partial charge on any atom is 0.241 e. The van der Waals surface area contributed by atoms with E-state index in [0.29, 0.717) is 22.4 Å². The molecule has 9 heteroatoms. The van der Waals surface area contributed by atoms with E-state index in [1.807, 2.05) is 0 Å². The van der Waals surface area contributed by atoms with Crippen molar-refractivity contribution in [2.75, 3.05) is 12.9 Å². The van der Waals surface area contributed by atoms with Gasteiger partial charge in [0.25, 0.3) is 0 Å². The Labute approximate surface area is 195 Å². The number of ketones is 1. The molecule has 3 aromatic carbocycles. The minimum Gasteiger partial charge on any atom is -0.468 e. The van der Waals surface area contributed by atoms with Crippen LogP contribution < -0.4 is 4.74 Å². The molecular formula is C25H20F2N2O4S. The Hall–Kier alpha value is -3.85. The highest BCUT2D eigenvalue weighted by Gasteiger charge is 2.22. The van der Waals surface area contributed by atoms with Crippen LogP contribution in [0, 0.1) is 11.6 Å². The molecule has 0 N–H and O–H groups in total. The number of ether oxygens (including phenoxy) is 1. The molecule has 1 heterocycles. The number of aromatic nitrogens is 2. The lowest BCUT2D eigenvalue weighted by molar-refractivity contribution is 0.0918. The highest BCUT2D eigenvalue weighted by atomic mass is 32.2. The summed E-state index contributed by atoms with van der Waals surface area (Å²) in [6, 6.07) is 17.1. The van der Waals surface area contributed by atoms with Crippen molar-refractivity contribution < 1.29 is 26.7 Å². The van der Waals surface area contributed by atoms with Gasteiger partial charge < -0.3 is 4.74 Å². The van der Waals surface area contributed by atoms with E-state index in [2.05, 4.69) is 5.10 Å². The molecule has 0 aliphatic carbocycles. The lowest BCUT2D eigenvalue weighted by Crippen LogP contribution is -2.12. The van der Waals surface area contributed by atoms with Gasteiger partial charge >= 0.3 is 0 Å². The third kappa shape index (κ3) is 4.89. The van der Waals surface area contributed by atoms with Crippen molar-refractivity contribution in [3.63, 3.8) is 0 Å². The summed E-state index contributed by atoms with van der Waals surface area (Å²) >= 11 is 0. The van der Waals surface area contributed by atoms with Crippen molar-refractivity contribution >= 4 is 15.6 Å². The molecule has 4 rings (SSSR count). The van der Waals surface area contributed by atoms with E-state index in [1.165, 1.54) is 48.5 Å². The van der Waals surface area contributed by atoms with Gasteiger partial charge in [-0.15, -0.1) is 5.10 Å². The van der Waals surface area contributed by atoms with Crippen molar-refractivity contribution in [2.45, 2.75) is 4.90 Å². The van der Waals surface area contributed by atoms with Gasteiger partial charge in [0.15, 0.2) is 22.2 Å². The number of hydrogen-bond donors (Lipinski definition) is 0. The molecule has 6 nitrogen and oxygen atoms in total. The number of sulfone groups is 1.